The highest BCUT2D eigenvalue weighted by atomic mass is 16.5. The van der Waals surface area contributed by atoms with Gasteiger partial charge in [0.05, 0.1) is 24.1 Å². The smallest absolute Gasteiger partial charge is 0.291 e. The van der Waals surface area contributed by atoms with E-state index in [0.717, 1.165) is 11.3 Å². The van der Waals surface area contributed by atoms with E-state index in [0.29, 0.717) is 18.1 Å². The number of pyridine rings is 1. The van der Waals surface area contributed by atoms with E-state index in [2.05, 4.69) is 10.3 Å². The van der Waals surface area contributed by atoms with Gasteiger partial charge in [0.2, 0.25) is 0 Å². The number of anilines is 1. The third kappa shape index (κ3) is 3.40. The fourth-order valence-electron chi connectivity index (χ4n) is 2.19. The highest BCUT2D eigenvalue weighted by Crippen LogP contribution is 2.31. The lowest BCUT2D eigenvalue weighted by atomic mass is 10.1. The minimum absolute atomic E-state index is 0.232. The number of hydrogen-bond donors (Lipinski definition) is 1. The summed E-state index contributed by atoms with van der Waals surface area (Å²) in [5.41, 5.74) is 1.43. The van der Waals surface area contributed by atoms with Gasteiger partial charge in [-0.05, 0) is 43.3 Å². The van der Waals surface area contributed by atoms with Crippen molar-refractivity contribution >= 4 is 11.6 Å². The Bertz CT molecular complexity index is 797. The van der Waals surface area contributed by atoms with Crippen LogP contribution in [0.5, 0.6) is 5.75 Å². The average Bonchev–Trinajstić information content (AvgIpc) is 3.07. The van der Waals surface area contributed by atoms with E-state index in [-0.39, 0.29) is 11.7 Å². The van der Waals surface area contributed by atoms with Gasteiger partial charge in [-0.1, -0.05) is 12.1 Å². The highest BCUT2D eigenvalue weighted by molar-refractivity contribution is 6.02. The number of hydrogen-bond acceptors (Lipinski definition) is 4. The van der Waals surface area contributed by atoms with Crippen LogP contribution in [0.3, 0.4) is 0 Å². The van der Waals surface area contributed by atoms with Crippen LogP contribution in [0.25, 0.3) is 11.3 Å². The highest BCUT2D eigenvalue weighted by Gasteiger charge is 2.15. The van der Waals surface area contributed by atoms with Gasteiger partial charge in [0.15, 0.2) is 5.76 Å². The summed E-state index contributed by atoms with van der Waals surface area (Å²) in [4.78, 5) is 16.2. The van der Waals surface area contributed by atoms with Gasteiger partial charge in [0.1, 0.15) is 11.5 Å². The van der Waals surface area contributed by atoms with Gasteiger partial charge in [-0.2, -0.15) is 0 Å². The molecule has 0 saturated heterocycles. The van der Waals surface area contributed by atoms with Crippen molar-refractivity contribution < 1.29 is 13.9 Å². The summed E-state index contributed by atoms with van der Waals surface area (Å²) < 4.78 is 11.3. The molecule has 3 rings (SSSR count). The third-order valence-electron chi connectivity index (χ3n) is 3.20. The molecule has 3 aromatic rings. The minimum atomic E-state index is -0.321. The molecule has 23 heavy (non-hydrogen) atoms. The number of nitrogens with one attached hydrogen (secondary N) is 1. The van der Waals surface area contributed by atoms with Crippen LogP contribution in [0.4, 0.5) is 5.69 Å². The van der Waals surface area contributed by atoms with Crippen LogP contribution >= 0.6 is 0 Å². The van der Waals surface area contributed by atoms with Crippen LogP contribution in [0.1, 0.15) is 17.5 Å². The monoisotopic (exact) mass is 308 g/mol. The van der Waals surface area contributed by atoms with Crippen LogP contribution in [0.2, 0.25) is 0 Å². The van der Waals surface area contributed by atoms with Gasteiger partial charge in [0.25, 0.3) is 5.91 Å². The fourth-order valence-corrected chi connectivity index (χ4v) is 2.19. The van der Waals surface area contributed by atoms with Crippen molar-refractivity contribution in [3.8, 4) is 17.1 Å². The summed E-state index contributed by atoms with van der Waals surface area (Å²) in [6.07, 6.45) is 3.22. The van der Waals surface area contributed by atoms with Crippen LogP contribution in [-0.4, -0.2) is 17.5 Å². The van der Waals surface area contributed by atoms with Crippen molar-refractivity contribution in [3.05, 3.63) is 66.7 Å². The molecule has 0 radical (unpaired) electrons. The molecule has 116 valence electrons. The third-order valence-corrected chi connectivity index (χ3v) is 3.20. The molecule has 0 bridgehead atoms. The van der Waals surface area contributed by atoms with Gasteiger partial charge < -0.3 is 14.5 Å². The first-order chi connectivity index (χ1) is 11.3. The van der Waals surface area contributed by atoms with Gasteiger partial charge in [-0.3, -0.25) is 9.78 Å². The molecule has 0 saturated carbocycles. The average molecular weight is 308 g/mol. The number of benzene rings is 1. The quantitative estimate of drug-likeness (QED) is 0.774. The topological polar surface area (TPSA) is 64.4 Å². The van der Waals surface area contributed by atoms with E-state index in [1.54, 1.807) is 36.7 Å². The molecular formula is C18H16N2O3. The molecule has 1 amide bonds. The summed E-state index contributed by atoms with van der Waals surface area (Å²) in [6, 6.07) is 14.5. The number of nitrogens with zero attached hydrogens (tertiary/aromatic N) is 1. The summed E-state index contributed by atoms with van der Waals surface area (Å²) >= 11 is 0. The second-order valence-electron chi connectivity index (χ2n) is 4.79. The molecule has 0 spiro atoms. The Kier molecular flexibility index (Phi) is 4.38. The van der Waals surface area contributed by atoms with E-state index < -0.39 is 0 Å². The van der Waals surface area contributed by atoms with E-state index in [9.17, 15) is 4.79 Å². The zero-order valence-corrected chi connectivity index (χ0v) is 12.7. The predicted octanol–water partition coefficient (Wildman–Crippen LogP) is 3.99. The van der Waals surface area contributed by atoms with E-state index >= 15 is 0 Å². The molecule has 5 nitrogen and oxygen atoms in total. The summed E-state index contributed by atoms with van der Waals surface area (Å²) in [6.45, 7) is 2.48. The molecule has 2 aromatic heterocycles. The minimum Gasteiger partial charge on any atom is -0.493 e. The van der Waals surface area contributed by atoms with Crippen molar-refractivity contribution in [1.82, 2.24) is 4.98 Å². The first-order valence-corrected chi connectivity index (χ1v) is 7.31. The van der Waals surface area contributed by atoms with Gasteiger partial charge in [-0.25, -0.2) is 0 Å². The molecule has 0 fully saturated rings. The molecule has 1 N–H and O–H groups in total. The van der Waals surface area contributed by atoms with Crippen molar-refractivity contribution in [2.45, 2.75) is 6.92 Å². The lowest BCUT2D eigenvalue weighted by Crippen LogP contribution is -2.10. The standard InChI is InChI=1S/C18H16N2O3/c1-2-22-15-8-4-3-7-14(15)16-9-10-17(23-16)18(21)20-13-6-5-11-19-12-13/h3-12H,2H2,1H3,(H,20,21). The molecule has 0 unspecified atom stereocenters. The number of aromatic nitrogens is 1. The fraction of sp³-hybridized carbons (Fsp3) is 0.111. The largest absolute Gasteiger partial charge is 0.493 e. The van der Waals surface area contributed by atoms with Gasteiger partial charge >= 0.3 is 0 Å². The molecule has 1 aromatic carbocycles. The molecular weight excluding hydrogens is 292 g/mol. The van der Waals surface area contributed by atoms with Crippen LogP contribution in [-0.2, 0) is 0 Å². The van der Waals surface area contributed by atoms with Crippen molar-refractivity contribution in [3.63, 3.8) is 0 Å². The zero-order valence-electron chi connectivity index (χ0n) is 12.7. The number of ether oxygens (including phenoxy) is 1. The molecule has 2 heterocycles. The Morgan fingerprint density at radius 1 is 1.17 bits per heavy atom. The Hall–Kier alpha value is -3.08. The Balaban J connectivity index is 1.82. The number of carbonyl (C=O) groups is 1. The maximum atomic E-state index is 12.2. The maximum Gasteiger partial charge on any atom is 0.291 e. The lowest BCUT2D eigenvalue weighted by Gasteiger charge is -2.07. The lowest BCUT2D eigenvalue weighted by molar-refractivity contribution is 0.0997. The van der Waals surface area contributed by atoms with Crippen LogP contribution in [0, 0.1) is 0 Å². The van der Waals surface area contributed by atoms with E-state index in [1.165, 1.54) is 0 Å². The summed E-state index contributed by atoms with van der Waals surface area (Å²) in [5.74, 6) is 1.22. The Morgan fingerprint density at radius 2 is 2.04 bits per heavy atom. The molecule has 0 aliphatic rings. The second kappa shape index (κ2) is 6.79. The van der Waals surface area contributed by atoms with Crippen molar-refractivity contribution in [2.75, 3.05) is 11.9 Å². The number of amides is 1. The SMILES string of the molecule is CCOc1ccccc1-c1ccc(C(=O)Nc2cccnc2)o1. The summed E-state index contributed by atoms with van der Waals surface area (Å²) in [5, 5.41) is 2.74. The first kappa shape index (κ1) is 14.8. The maximum absolute atomic E-state index is 12.2. The van der Waals surface area contributed by atoms with E-state index in [1.807, 2.05) is 31.2 Å². The summed E-state index contributed by atoms with van der Waals surface area (Å²) in [7, 11) is 0. The number of furan rings is 1. The number of para-hydroxylation sites is 1. The normalized spacial score (nSPS) is 10.3. The zero-order chi connectivity index (χ0) is 16.1. The Morgan fingerprint density at radius 3 is 2.83 bits per heavy atom. The van der Waals surface area contributed by atoms with E-state index in [4.69, 9.17) is 9.15 Å². The first-order valence-electron chi connectivity index (χ1n) is 7.31. The van der Waals surface area contributed by atoms with Gasteiger partial charge in [-0.15, -0.1) is 0 Å². The van der Waals surface area contributed by atoms with Crippen LogP contribution in [0.15, 0.2) is 65.3 Å². The van der Waals surface area contributed by atoms with Gasteiger partial charge in [0, 0.05) is 6.20 Å². The molecule has 0 aliphatic heterocycles. The van der Waals surface area contributed by atoms with Crippen molar-refractivity contribution in [1.29, 1.82) is 0 Å². The van der Waals surface area contributed by atoms with Crippen molar-refractivity contribution in [2.24, 2.45) is 0 Å². The Labute approximate surface area is 133 Å². The molecule has 0 aliphatic carbocycles. The second-order valence-corrected chi connectivity index (χ2v) is 4.79. The number of rotatable bonds is 5. The van der Waals surface area contributed by atoms with Crippen LogP contribution < -0.4 is 10.1 Å². The molecule has 5 heteroatoms. The number of carbonyl (C=O) groups excluding carboxylic acids is 1. The predicted molar refractivity (Wildman–Crippen MR) is 87.5 cm³/mol. The molecule has 0 atom stereocenters.